The van der Waals surface area contributed by atoms with Crippen LogP contribution in [0.4, 0.5) is 0 Å². The Labute approximate surface area is 854 Å². The number of phenolic OH excluding ortho intramolecular Hbond substituents is 3. The van der Waals surface area contributed by atoms with Crippen molar-refractivity contribution in [1.29, 1.82) is 0 Å². The summed E-state index contributed by atoms with van der Waals surface area (Å²) >= 11 is 6.39. The van der Waals surface area contributed by atoms with Crippen molar-refractivity contribution >= 4 is 98.2 Å². The molecule has 1 fully saturated rings. The molecule has 0 spiro atoms. The minimum absolute atomic E-state index is 0. The maximum Gasteiger partial charge on any atom is 0.488 e. The normalized spacial score (nSPS) is 10.5. The molecule has 0 radical (unpaired) electrons. The van der Waals surface area contributed by atoms with Crippen LogP contribution in [0.5, 0.6) is 40.2 Å². The zero-order valence-electron chi connectivity index (χ0n) is 79.7. The van der Waals surface area contributed by atoms with Gasteiger partial charge in [0, 0.05) is 33.5 Å². The number of rotatable bonds is 30. The first-order valence-corrected chi connectivity index (χ1v) is 45.7. The minimum Gasteiger partial charge on any atom is -0.508 e. The summed E-state index contributed by atoms with van der Waals surface area (Å²) in [5.74, 6) is -7.34. The topological polar surface area (TPSA) is 468 Å². The number of hydrogen-bond donors (Lipinski definition) is 11. The van der Waals surface area contributed by atoms with E-state index in [4.69, 9.17) is 82.9 Å². The third kappa shape index (κ3) is 45.4. The van der Waals surface area contributed by atoms with Crippen LogP contribution in [0.15, 0.2) is 326 Å². The lowest BCUT2D eigenvalue weighted by molar-refractivity contribution is -0.140. The summed E-state index contributed by atoms with van der Waals surface area (Å²) in [6, 6.07) is 78.8. The summed E-state index contributed by atoms with van der Waals surface area (Å²) in [5.41, 5.74) is 13.4. The van der Waals surface area contributed by atoms with Gasteiger partial charge in [0.1, 0.15) is 94.5 Å². The Kier molecular flexibility index (Phi) is 55.0. The van der Waals surface area contributed by atoms with Crippen LogP contribution < -0.4 is 14.9 Å². The van der Waals surface area contributed by atoms with E-state index in [1.54, 1.807) is 91.9 Å². The molecule has 12 aromatic carbocycles. The van der Waals surface area contributed by atoms with Gasteiger partial charge in [-0.1, -0.05) is 264 Å². The number of phenols is 5. The van der Waals surface area contributed by atoms with Crippen molar-refractivity contribution in [2.24, 2.45) is 0 Å². The Balaban J connectivity index is 0.000000441. The Morgan fingerprint density at radius 1 is 0.368 bits per heavy atom. The zero-order chi connectivity index (χ0) is 105. The number of benzene rings is 12. The maximum absolute atomic E-state index is 12.8. The first-order valence-electron chi connectivity index (χ1n) is 43.8. The predicted molar refractivity (Wildman–Crippen MR) is 558 cm³/mol. The molecule has 0 bridgehead atoms. The lowest BCUT2D eigenvalue weighted by atomic mass is 9.80. The van der Waals surface area contributed by atoms with Gasteiger partial charge in [-0.05, 0) is 201 Å². The summed E-state index contributed by atoms with van der Waals surface area (Å²) in [4.78, 5) is 103. The van der Waals surface area contributed by atoms with Crippen LogP contribution in [0.2, 0.25) is 0 Å². The number of halogens is 2. The van der Waals surface area contributed by atoms with Crippen LogP contribution in [0.1, 0.15) is 116 Å². The highest BCUT2D eigenvalue weighted by molar-refractivity contribution is 9.10. The maximum atomic E-state index is 12.8. The van der Waals surface area contributed by atoms with Crippen LogP contribution in [0, 0.1) is 20.8 Å². The molecule has 144 heavy (non-hydrogen) atoms. The van der Waals surface area contributed by atoms with Gasteiger partial charge < -0.3 is 103 Å². The molecule has 12 aromatic rings. The number of esters is 6. The molecule has 1 aliphatic rings. The summed E-state index contributed by atoms with van der Waals surface area (Å²) in [6.45, 7) is 30.3. The molecule has 1 aliphatic heterocycles. The number of hydrogen-bond acceptors (Lipinski definition) is 27. The number of aliphatic hydroxyl groups excluding tert-OH is 1. The molecule has 30 nitrogen and oxygen atoms in total. The van der Waals surface area contributed by atoms with Crippen molar-refractivity contribution in [2.75, 3.05) is 78.0 Å². The number of alkyl halides is 1. The highest BCUT2D eigenvalue weighted by atomic mass is 79.9. The average molecular weight is 2100 g/mol. The second-order valence-corrected chi connectivity index (χ2v) is 32.4. The van der Waals surface area contributed by atoms with Crippen LogP contribution in [-0.4, -0.2) is 195 Å². The molecule has 760 valence electrons. The third-order valence-corrected chi connectivity index (χ3v) is 19.7. The van der Waals surface area contributed by atoms with Crippen LogP contribution in [0.25, 0.3) is 44.5 Å². The van der Waals surface area contributed by atoms with Gasteiger partial charge in [-0.25, -0.2) is 43.2 Å². The van der Waals surface area contributed by atoms with Crippen molar-refractivity contribution in [3.63, 3.8) is 0 Å². The largest absolute Gasteiger partial charge is 0.508 e. The SMILES string of the molecule is BrCCOCc1ccccc1.C.C1COCCO1.C=C(C)C(=O)O.C=C(C)C(=O)OCCOC(=O)c1cc(-c2ccc(OC(=O)C(=C)C)cc2)ccc1OC(=O)C(=C)C.Cc1ccc(-c2ccc(O)c(C(=O)O)c2)cc1.Cc1ccc(-c2ccc(O)c(C(=O)OCCOCc3ccccc3)c2)cc1.Cc1ccc(B(O)O)cc1.O=C(O)c1cc(Br)ccc1O.O=C(OCCO)c1cc(-c2ccc(O)cc2)ccc1O.[HH]. The van der Waals surface area contributed by atoms with Crippen molar-refractivity contribution in [1.82, 2.24) is 0 Å². The number of aryl methyl sites for hydroxylation is 3. The first-order chi connectivity index (χ1) is 68.2. The monoisotopic (exact) mass is 2100 g/mol. The van der Waals surface area contributed by atoms with Gasteiger partial charge in [0.05, 0.1) is 59.5 Å². The van der Waals surface area contributed by atoms with Crippen molar-refractivity contribution in [3.05, 3.63) is 382 Å². The lowest BCUT2D eigenvalue weighted by Gasteiger charge is -2.13. The standard InChI is InChI=1S/C27H26O8.C23H22O4.C15H14O5.C14H12O3.C9H11BrO.C7H9BO2.C7H5BrO3.C4H8O2.C4H6O2.CH4.H2/c1-16(2)24(28)32-13-14-33-27(31)22-15-20(9-12-23(22)35-26(30)18(5)6)19-7-10-21(11-8-19)34-25(29)17(3)4;1-17-7-9-19(10-8-17)20-11-12-22(24)21(15-20)23(25)27-14-13-26-16-18-5-3-2-4-6-18;16-7-8-20-15(19)13-9-11(3-6-14(13)18)10-1-4-12(17)5-2-10;1-9-2-4-10(5-3-9)11-6-7-13(15)12(8-11)14(16)17;10-6-7-11-8-9-4-2-1-3-5-9;1-6-2-4-7(5-3-6)8(9)10;8-4-1-2-6(9)5(3-4)7(10)11;1-2-6-4-3-5-1;1-3(2)4(5)6;;/h7-12,15H,1,3,5,13-14H2,2,4,6H3;2-12,15,24H,13-14,16H2,1H3;1-6,9,16-18H,7-8H2;2-8,15H,1H3,(H,16,17);1-5H,6-8H2;2-5,9-10H,1H3;1-3,9H,(H,10,11);1-4H2;1H2,2H3,(H,5,6);1H4;1H. The fraction of sp³-hybridized carbons (Fsp3) is 0.198. The number of carbonyl (C=O) groups excluding carboxylic acids is 6. The highest BCUT2D eigenvalue weighted by Gasteiger charge is 2.22. The van der Waals surface area contributed by atoms with Gasteiger partial charge >= 0.3 is 60.8 Å². The van der Waals surface area contributed by atoms with E-state index in [9.17, 15) is 63.6 Å². The molecular weight excluding hydrogens is 1980 g/mol. The molecule has 1 saturated heterocycles. The Morgan fingerprint density at radius 3 is 1.08 bits per heavy atom. The van der Waals surface area contributed by atoms with E-state index in [-0.39, 0.29) is 126 Å². The quantitative estimate of drug-likeness (QED) is 0.00379. The predicted octanol–water partition coefficient (Wildman–Crippen LogP) is 20.0. The van der Waals surface area contributed by atoms with Crippen LogP contribution in [0.3, 0.4) is 0 Å². The lowest BCUT2D eigenvalue weighted by Crippen LogP contribution is -2.29. The number of carboxylic acids is 3. The molecule has 33 heteroatoms. The molecule has 13 rings (SSSR count). The van der Waals surface area contributed by atoms with Gasteiger partial charge in [0.25, 0.3) is 0 Å². The van der Waals surface area contributed by atoms with Crippen LogP contribution in [-0.2, 0) is 70.3 Å². The smallest absolute Gasteiger partial charge is 0.488 e. The average Bonchev–Trinajstić information content (AvgIpc) is 0.808. The summed E-state index contributed by atoms with van der Waals surface area (Å²) in [5, 5.41) is 99.6. The van der Waals surface area contributed by atoms with E-state index in [0.29, 0.717) is 52.2 Å². The zero-order valence-corrected chi connectivity index (χ0v) is 82.9. The number of carboxylic acid groups (broad SMARTS) is 3. The molecule has 11 N–H and O–H groups in total. The Morgan fingerprint density at radius 2 is 0.694 bits per heavy atom. The van der Waals surface area contributed by atoms with Gasteiger partial charge in [-0.15, -0.1) is 0 Å². The Hall–Kier alpha value is -15.4. The van der Waals surface area contributed by atoms with E-state index in [2.05, 4.69) is 70.3 Å². The number of aromatic carboxylic acids is 2. The number of aliphatic carboxylic acids is 1. The van der Waals surface area contributed by atoms with E-state index in [1.807, 2.05) is 130 Å². The van der Waals surface area contributed by atoms with Gasteiger partial charge in [0.2, 0.25) is 0 Å². The summed E-state index contributed by atoms with van der Waals surface area (Å²) in [7, 11) is -1.35. The molecule has 0 unspecified atom stereocenters. The molecule has 0 saturated carbocycles. The fourth-order valence-corrected chi connectivity index (χ4v) is 11.8. The van der Waals surface area contributed by atoms with Crippen molar-refractivity contribution < 1.29 is 148 Å². The van der Waals surface area contributed by atoms with Crippen molar-refractivity contribution in [2.45, 2.75) is 69.1 Å². The third-order valence-electron chi connectivity index (χ3n) is 18.9. The highest BCUT2D eigenvalue weighted by Crippen LogP contribution is 2.34. The Bertz CT molecular complexity index is 6160. The molecule has 0 atom stereocenters. The molecular formula is C111H119BBr2O30. The number of carbonyl (C=O) groups is 9. The van der Waals surface area contributed by atoms with Gasteiger partial charge in [-0.2, -0.15) is 0 Å². The van der Waals surface area contributed by atoms with E-state index >= 15 is 0 Å². The van der Waals surface area contributed by atoms with Gasteiger partial charge in [-0.3, -0.25) is 0 Å². The molecule has 1 heterocycles. The number of ether oxygens (including phenoxy) is 10. The molecule has 0 amide bonds. The van der Waals surface area contributed by atoms with Crippen LogP contribution >= 0.6 is 31.9 Å². The van der Waals surface area contributed by atoms with Crippen molar-refractivity contribution in [3.8, 4) is 84.8 Å². The first kappa shape index (κ1) is 121. The van der Waals surface area contributed by atoms with Gasteiger partial charge in [0.15, 0.2) is 0 Å². The molecule has 0 aliphatic carbocycles. The second kappa shape index (κ2) is 65.6. The summed E-state index contributed by atoms with van der Waals surface area (Å²) < 4.78 is 51.9. The minimum atomic E-state index is -1.35. The summed E-state index contributed by atoms with van der Waals surface area (Å²) in [6.07, 6.45) is 0. The van der Waals surface area contributed by atoms with E-state index < -0.39 is 60.8 Å². The number of aliphatic hydroxyl groups is 1. The number of aromatic hydroxyl groups is 5. The molecule has 0 aromatic heterocycles. The second-order valence-electron chi connectivity index (χ2n) is 30.7. The fourth-order valence-electron chi connectivity index (χ4n) is 11.2. The van der Waals surface area contributed by atoms with E-state index in [0.717, 1.165) is 88.4 Å². The van der Waals surface area contributed by atoms with E-state index in [1.165, 1.54) is 93.1 Å².